The second kappa shape index (κ2) is 9.77. The van der Waals surface area contributed by atoms with Crippen LogP contribution in [0.15, 0.2) is 36.4 Å². The summed E-state index contributed by atoms with van der Waals surface area (Å²) in [5, 5.41) is 8.89. The fraction of sp³-hybridized carbons (Fsp3) is 0.444. The van der Waals surface area contributed by atoms with Crippen LogP contribution < -0.4 is 0 Å². The highest BCUT2D eigenvalue weighted by atomic mass is 16.5. The largest absolute Gasteiger partial charge is 0.481 e. The van der Waals surface area contributed by atoms with Crippen LogP contribution in [-0.2, 0) is 14.3 Å². The summed E-state index contributed by atoms with van der Waals surface area (Å²) < 4.78 is 5.14. The smallest absolute Gasteiger partial charge is 0.306 e. The standard InChI is InChI=1S/C18H24O4/c1-14(2)11-16(12-17(19)20)13-18(21)22-10-6-9-15-7-4-3-5-8-15/h3-9,14,16H,10-13H2,1-2H3,(H,19,20)/b9-6+. The van der Waals surface area contributed by atoms with Gasteiger partial charge >= 0.3 is 11.9 Å². The Morgan fingerprint density at radius 3 is 2.45 bits per heavy atom. The molecule has 0 aromatic heterocycles. The fourth-order valence-electron chi connectivity index (χ4n) is 2.34. The molecule has 4 heteroatoms. The van der Waals surface area contributed by atoms with E-state index < -0.39 is 5.97 Å². The Hall–Kier alpha value is -2.10. The van der Waals surface area contributed by atoms with E-state index in [1.54, 1.807) is 6.08 Å². The third-order valence-corrected chi connectivity index (χ3v) is 3.17. The molecule has 0 heterocycles. The SMILES string of the molecule is CC(C)CC(CC(=O)O)CC(=O)OC/C=C/c1ccccc1. The molecule has 0 fully saturated rings. The van der Waals surface area contributed by atoms with Crippen molar-refractivity contribution >= 4 is 18.0 Å². The molecule has 1 unspecified atom stereocenters. The van der Waals surface area contributed by atoms with Crippen LogP contribution in [0.5, 0.6) is 0 Å². The molecule has 22 heavy (non-hydrogen) atoms. The van der Waals surface area contributed by atoms with Crippen LogP contribution in [-0.4, -0.2) is 23.7 Å². The molecular weight excluding hydrogens is 280 g/mol. The first-order valence-electron chi connectivity index (χ1n) is 7.56. The van der Waals surface area contributed by atoms with E-state index in [2.05, 4.69) is 0 Å². The minimum Gasteiger partial charge on any atom is -0.481 e. The second-order valence-electron chi connectivity index (χ2n) is 5.79. The molecule has 0 aliphatic carbocycles. The van der Waals surface area contributed by atoms with Gasteiger partial charge in [0.2, 0.25) is 0 Å². The van der Waals surface area contributed by atoms with Crippen LogP contribution in [0.3, 0.4) is 0 Å². The number of ether oxygens (including phenoxy) is 1. The minimum atomic E-state index is -0.873. The van der Waals surface area contributed by atoms with Gasteiger partial charge in [-0.15, -0.1) is 0 Å². The Morgan fingerprint density at radius 2 is 1.86 bits per heavy atom. The van der Waals surface area contributed by atoms with Crippen LogP contribution in [0.1, 0.15) is 38.7 Å². The molecule has 0 spiro atoms. The Kier molecular flexibility index (Phi) is 7.97. The van der Waals surface area contributed by atoms with Gasteiger partial charge in [-0.2, -0.15) is 0 Å². The minimum absolute atomic E-state index is 0.00708. The van der Waals surface area contributed by atoms with Crippen LogP contribution in [0.2, 0.25) is 0 Å². The molecule has 0 radical (unpaired) electrons. The molecule has 0 saturated heterocycles. The van der Waals surface area contributed by atoms with Gasteiger partial charge in [-0.05, 0) is 29.9 Å². The number of carbonyl (C=O) groups is 2. The van der Waals surface area contributed by atoms with Gasteiger partial charge in [0.25, 0.3) is 0 Å². The first-order valence-corrected chi connectivity index (χ1v) is 7.56. The molecule has 4 nitrogen and oxygen atoms in total. The number of hydrogen-bond acceptors (Lipinski definition) is 3. The first-order chi connectivity index (χ1) is 10.5. The second-order valence-corrected chi connectivity index (χ2v) is 5.79. The molecule has 0 aliphatic rings. The normalized spacial score (nSPS) is 12.5. The van der Waals surface area contributed by atoms with E-state index in [1.165, 1.54) is 0 Å². The maximum atomic E-state index is 11.8. The maximum absolute atomic E-state index is 11.8. The summed E-state index contributed by atoms with van der Waals surface area (Å²) in [6, 6.07) is 9.74. The third-order valence-electron chi connectivity index (χ3n) is 3.17. The molecule has 1 rings (SSSR count). The van der Waals surface area contributed by atoms with Gasteiger partial charge in [0.15, 0.2) is 0 Å². The van der Waals surface area contributed by atoms with Crippen molar-refractivity contribution in [3.05, 3.63) is 42.0 Å². The van der Waals surface area contributed by atoms with Crippen molar-refractivity contribution in [2.24, 2.45) is 11.8 Å². The van der Waals surface area contributed by atoms with E-state index >= 15 is 0 Å². The zero-order chi connectivity index (χ0) is 16.4. The van der Waals surface area contributed by atoms with Crippen LogP contribution in [0, 0.1) is 11.8 Å². The number of carboxylic acids is 1. The highest BCUT2D eigenvalue weighted by molar-refractivity contribution is 5.72. The number of hydrogen-bond donors (Lipinski definition) is 1. The Bertz CT molecular complexity index is 491. The zero-order valence-corrected chi connectivity index (χ0v) is 13.2. The fourth-order valence-corrected chi connectivity index (χ4v) is 2.34. The lowest BCUT2D eigenvalue weighted by Gasteiger charge is -2.15. The van der Waals surface area contributed by atoms with E-state index in [1.807, 2.05) is 50.3 Å². The Morgan fingerprint density at radius 1 is 1.18 bits per heavy atom. The van der Waals surface area contributed by atoms with E-state index in [-0.39, 0.29) is 31.3 Å². The third kappa shape index (κ3) is 8.25. The van der Waals surface area contributed by atoms with Gasteiger partial charge in [-0.25, -0.2) is 0 Å². The van der Waals surface area contributed by atoms with Crippen molar-refractivity contribution in [1.29, 1.82) is 0 Å². The molecule has 1 N–H and O–H groups in total. The van der Waals surface area contributed by atoms with Crippen molar-refractivity contribution in [1.82, 2.24) is 0 Å². The predicted octanol–water partition coefficient (Wildman–Crippen LogP) is 3.77. The molecule has 1 atom stereocenters. The molecule has 0 aliphatic heterocycles. The summed E-state index contributed by atoms with van der Waals surface area (Å²) in [5.41, 5.74) is 1.04. The summed E-state index contributed by atoms with van der Waals surface area (Å²) in [4.78, 5) is 22.6. The van der Waals surface area contributed by atoms with E-state index in [0.29, 0.717) is 12.3 Å². The lowest BCUT2D eigenvalue weighted by Crippen LogP contribution is -2.16. The number of carboxylic acid groups (broad SMARTS) is 1. The van der Waals surface area contributed by atoms with Gasteiger partial charge < -0.3 is 9.84 Å². The maximum Gasteiger partial charge on any atom is 0.306 e. The molecule has 1 aromatic carbocycles. The number of benzene rings is 1. The average Bonchev–Trinajstić information content (AvgIpc) is 2.43. The topological polar surface area (TPSA) is 63.6 Å². The quantitative estimate of drug-likeness (QED) is 0.705. The van der Waals surface area contributed by atoms with Gasteiger partial charge in [-0.3, -0.25) is 9.59 Å². The monoisotopic (exact) mass is 304 g/mol. The van der Waals surface area contributed by atoms with Gasteiger partial charge in [0.05, 0.1) is 0 Å². The van der Waals surface area contributed by atoms with Crippen LogP contribution >= 0.6 is 0 Å². The lowest BCUT2D eigenvalue weighted by molar-refractivity contribution is -0.144. The zero-order valence-electron chi connectivity index (χ0n) is 13.2. The molecular formula is C18H24O4. The number of esters is 1. The number of rotatable bonds is 9. The van der Waals surface area contributed by atoms with E-state index in [9.17, 15) is 9.59 Å². The van der Waals surface area contributed by atoms with Crippen molar-refractivity contribution in [2.75, 3.05) is 6.61 Å². The van der Waals surface area contributed by atoms with Crippen molar-refractivity contribution < 1.29 is 19.4 Å². The number of carbonyl (C=O) groups excluding carboxylic acids is 1. The molecule has 0 bridgehead atoms. The molecule has 0 saturated carbocycles. The van der Waals surface area contributed by atoms with Gasteiger partial charge in [-0.1, -0.05) is 50.3 Å². The van der Waals surface area contributed by atoms with Crippen molar-refractivity contribution in [3.8, 4) is 0 Å². The molecule has 1 aromatic rings. The predicted molar refractivity (Wildman–Crippen MR) is 86.2 cm³/mol. The first kappa shape index (κ1) is 18.0. The summed E-state index contributed by atoms with van der Waals surface area (Å²) in [6.45, 7) is 4.24. The highest BCUT2D eigenvalue weighted by Gasteiger charge is 2.19. The van der Waals surface area contributed by atoms with Crippen LogP contribution in [0.25, 0.3) is 6.08 Å². The number of aliphatic carboxylic acids is 1. The molecule has 120 valence electrons. The summed E-state index contributed by atoms with van der Waals surface area (Å²) in [5.74, 6) is -1.02. The summed E-state index contributed by atoms with van der Waals surface area (Å²) in [6.07, 6.45) is 4.54. The van der Waals surface area contributed by atoms with E-state index in [4.69, 9.17) is 9.84 Å². The van der Waals surface area contributed by atoms with Crippen LogP contribution in [0.4, 0.5) is 0 Å². The summed E-state index contributed by atoms with van der Waals surface area (Å²) in [7, 11) is 0. The highest BCUT2D eigenvalue weighted by Crippen LogP contribution is 2.19. The van der Waals surface area contributed by atoms with Crippen molar-refractivity contribution in [3.63, 3.8) is 0 Å². The molecule has 0 amide bonds. The Labute approximate surface area is 131 Å². The van der Waals surface area contributed by atoms with Gasteiger partial charge in [0, 0.05) is 12.8 Å². The van der Waals surface area contributed by atoms with E-state index in [0.717, 1.165) is 5.56 Å². The lowest BCUT2D eigenvalue weighted by atomic mass is 9.91. The average molecular weight is 304 g/mol. The summed E-state index contributed by atoms with van der Waals surface area (Å²) >= 11 is 0. The van der Waals surface area contributed by atoms with Gasteiger partial charge in [0.1, 0.15) is 6.61 Å². The Balaban J connectivity index is 2.36. The van der Waals surface area contributed by atoms with Crippen molar-refractivity contribution in [2.45, 2.75) is 33.1 Å².